The Bertz CT molecular complexity index is 385. The van der Waals surface area contributed by atoms with Crippen molar-refractivity contribution in [2.24, 2.45) is 11.3 Å². The maximum absolute atomic E-state index is 12.1. The number of carboxylic acids is 1. The molecule has 0 aromatic carbocycles. The molecule has 1 aliphatic rings. The number of carbonyl (C=O) groups excluding carboxylic acids is 2. The molecule has 0 aromatic rings. The summed E-state index contributed by atoms with van der Waals surface area (Å²) in [5.74, 6) is -1.96. The van der Waals surface area contributed by atoms with Crippen LogP contribution in [0, 0.1) is 11.3 Å². The molecule has 1 rings (SSSR count). The average Bonchev–Trinajstić information content (AvgIpc) is 2.84. The molecule has 0 bridgehead atoms. The number of esters is 1. The van der Waals surface area contributed by atoms with E-state index in [1.54, 1.807) is 13.8 Å². The summed E-state index contributed by atoms with van der Waals surface area (Å²) in [5, 5.41) is 11.9. The fourth-order valence-electron chi connectivity index (χ4n) is 2.67. The van der Waals surface area contributed by atoms with Gasteiger partial charge in [0.25, 0.3) is 0 Å². The lowest BCUT2D eigenvalue weighted by atomic mass is 9.82. The maximum atomic E-state index is 12.1. The summed E-state index contributed by atoms with van der Waals surface area (Å²) in [6.45, 7) is 3.59. The average molecular weight is 285 g/mol. The predicted molar refractivity (Wildman–Crippen MR) is 71.9 cm³/mol. The van der Waals surface area contributed by atoms with Crippen molar-refractivity contribution in [2.75, 3.05) is 7.11 Å². The highest BCUT2D eigenvalue weighted by molar-refractivity contribution is 5.88. The summed E-state index contributed by atoms with van der Waals surface area (Å²) < 4.78 is 4.65. The minimum atomic E-state index is -0.971. The molecule has 20 heavy (non-hydrogen) atoms. The number of aliphatic carboxylic acids is 1. The van der Waals surface area contributed by atoms with Crippen LogP contribution < -0.4 is 5.32 Å². The Morgan fingerprint density at radius 2 is 1.80 bits per heavy atom. The van der Waals surface area contributed by atoms with Crippen LogP contribution in [0.5, 0.6) is 0 Å². The van der Waals surface area contributed by atoms with Gasteiger partial charge in [-0.25, -0.2) is 4.79 Å². The van der Waals surface area contributed by atoms with Gasteiger partial charge in [0.15, 0.2) is 0 Å². The van der Waals surface area contributed by atoms with Crippen molar-refractivity contribution < 1.29 is 24.2 Å². The second-order valence-corrected chi connectivity index (χ2v) is 5.78. The van der Waals surface area contributed by atoms with Crippen molar-refractivity contribution in [3.8, 4) is 0 Å². The van der Waals surface area contributed by atoms with Crippen LogP contribution in [0.4, 0.5) is 0 Å². The van der Waals surface area contributed by atoms with Gasteiger partial charge in [-0.2, -0.15) is 0 Å². The molecule has 0 aliphatic heterocycles. The number of ether oxygens (including phenoxy) is 1. The van der Waals surface area contributed by atoms with Crippen molar-refractivity contribution >= 4 is 17.8 Å². The zero-order valence-corrected chi connectivity index (χ0v) is 12.3. The van der Waals surface area contributed by atoms with Crippen LogP contribution in [0.15, 0.2) is 0 Å². The van der Waals surface area contributed by atoms with Gasteiger partial charge < -0.3 is 15.2 Å². The number of carboxylic acid groups (broad SMARTS) is 1. The number of methoxy groups -OCH3 is 1. The molecular weight excluding hydrogens is 262 g/mol. The van der Waals surface area contributed by atoms with Crippen LogP contribution in [0.3, 0.4) is 0 Å². The summed E-state index contributed by atoms with van der Waals surface area (Å²) in [6.07, 6.45) is 2.59. The highest BCUT2D eigenvalue weighted by atomic mass is 16.5. The first-order chi connectivity index (χ1) is 9.32. The van der Waals surface area contributed by atoms with Gasteiger partial charge in [0.1, 0.15) is 6.04 Å². The first-order valence-electron chi connectivity index (χ1n) is 6.93. The Hall–Kier alpha value is -1.59. The molecule has 1 fully saturated rings. The number of rotatable bonds is 6. The Kier molecular flexibility index (Phi) is 5.53. The molecule has 0 aromatic heterocycles. The Balaban J connectivity index is 2.70. The van der Waals surface area contributed by atoms with Crippen LogP contribution in [0.2, 0.25) is 0 Å². The van der Waals surface area contributed by atoms with E-state index in [0.717, 1.165) is 12.8 Å². The molecule has 6 nitrogen and oxygen atoms in total. The van der Waals surface area contributed by atoms with Gasteiger partial charge in [-0.1, -0.05) is 26.7 Å². The van der Waals surface area contributed by atoms with E-state index < -0.39 is 29.3 Å². The molecule has 0 spiro atoms. The monoisotopic (exact) mass is 285 g/mol. The van der Waals surface area contributed by atoms with Crippen LogP contribution in [-0.2, 0) is 19.1 Å². The fraction of sp³-hybridized carbons (Fsp3) is 0.786. The number of nitrogens with one attached hydrogen (secondary N) is 1. The summed E-state index contributed by atoms with van der Waals surface area (Å²) in [7, 11) is 1.26. The van der Waals surface area contributed by atoms with Gasteiger partial charge in [0, 0.05) is 6.42 Å². The second kappa shape index (κ2) is 6.72. The normalized spacial score (nSPS) is 18.6. The first-order valence-corrected chi connectivity index (χ1v) is 6.93. The molecule has 2 N–H and O–H groups in total. The SMILES string of the molecule is COC(=O)[C@@H](NC(=O)CC1(C(=O)O)CCCC1)C(C)C. The molecule has 1 atom stereocenters. The quantitative estimate of drug-likeness (QED) is 0.718. The smallest absolute Gasteiger partial charge is 0.328 e. The molecule has 6 heteroatoms. The largest absolute Gasteiger partial charge is 0.481 e. The molecule has 0 heterocycles. The van der Waals surface area contributed by atoms with E-state index in [1.165, 1.54) is 7.11 Å². The van der Waals surface area contributed by atoms with Gasteiger partial charge in [-0.05, 0) is 18.8 Å². The van der Waals surface area contributed by atoms with E-state index in [-0.39, 0.29) is 12.3 Å². The van der Waals surface area contributed by atoms with E-state index in [4.69, 9.17) is 0 Å². The van der Waals surface area contributed by atoms with Crippen LogP contribution in [0.25, 0.3) is 0 Å². The van der Waals surface area contributed by atoms with E-state index in [2.05, 4.69) is 10.1 Å². The summed E-state index contributed by atoms with van der Waals surface area (Å²) >= 11 is 0. The van der Waals surface area contributed by atoms with Gasteiger partial charge >= 0.3 is 11.9 Å². The second-order valence-electron chi connectivity index (χ2n) is 5.78. The van der Waals surface area contributed by atoms with E-state index in [1.807, 2.05) is 0 Å². The van der Waals surface area contributed by atoms with Crippen molar-refractivity contribution in [3.05, 3.63) is 0 Å². The standard InChI is InChI=1S/C14H23NO5/c1-9(2)11(12(17)20-3)15-10(16)8-14(13(18)19)6-4-5-7-14/h9,11H,4-8H2,1-3H3,(H,15,16)(H,18,19)/t11-/m0/s1. The molecule has 1 aliphatic carbocycles. The molecule has 114 valence electrons. The van der Waals surface area contributed by atoms with Gasteiger partial charge in [-0.15, -0.1) is 0 Å². The number of hydrogen-bond acceptors (Lipinski definition) is 4. The lowest BCUT2D eigenvalue weighted by Gasteiger charge is -2.25. The molecular formula is C14H23NO5. The Labute approximate surface area is 118 Å². The minimum absolute atomic E-state index is 0.0808. The van der Waals surface area contributed by atoms with Crippen LogP contribution >= 0.6 is 0 Å². The van der Waals surface area contributed by atoms with Crippen molar-refractivity contribution in [1.29, 1.82) is 0 Å². The van der Waals surface area contributed by atoms with E-state index in [0.29, 0.717) is 12.8 Å². The minimum Gasteiger partial charge on any atom is -0.481 e. The number of hydrogen-bond donors (Lipinski definition) is 2. The summed E-state index contributed by atoms with van der Waals surface area (Å²) in [6, 6.07) is -0.736. The van der Waals surface area contributed by atoms with Crippen molar-refractivity contribution in [3.63, 3.8) is 0 Å². The molecule has 0 radical (unpaired) electrons. The highest BCUT2D eigenvalue weighted by Crippen LogP contribution is 2.41. The van der Waals surface area contributed by atoms with Gasteiger partial charge in [-0.3, -0.25) is 9.59 Å². The molecule has 1 saturated carbocycles. The molecule has 0 unspecified atom stereocenters. The third-order valence-electron chi connectivity index (χ3n) is 3.95. The first kappa shape index (κ1) is 16.5. The molecule has 0 saturated heterocycles. The van der Waals surface area contributed by atoms with Crippen LogP contribution in [-0.4, -0.2) is 36.1 Å². The predicted octanol–water partition coefficient (Wildman–Crippen LogP) is 1.34. The lowest BCUT2D eigenvalue weighted by molar-refractivity contribution is -0.152. The van der Waals surface area contributed by atoms with Crippen molar-refractivity contribution in [1.82, 2.24) is 5.32 Å². The lowest BCUT2D eigenvalue weighted by Crippen LogP contribution is -2.47. The van der Waals surface area contributed by atoms with Gasteiger partial charge in [0.2, 0.25) is 5.91 Å². The molecule has 1 amide bonds. The van der Waals surface area contributed by atoms with Crippen LogP contribution in [0.1, 0.15) is 46.0 Å². The van der Waals surface area contributed by atoms with E-state index in [9.17, 15) is 19.5 Å². The third-order valence-corrected chi connectivity index (χ3v) is 3.95. The zero-order valence-electron chi connectivity index (χ0n) is 12.3. The summed E-state index contributed by atoms with van der Waals surface area (Å²) in [5.41, 5.74) is -0.971. The number of amides is 1. The maximum Gasteiger partial charge on any atom is 0.328 e. The third kappa shape index (κ3) is 3.71. The van der Waals surface area contributed by atoms with E-state index >= 15 is 0 Å². The summed E-state index contributed by atoms with van der Waals surface area (Å²) in [4.78, 5) is 35.0. The zero-order chi connectivity index (χ0) is 15.3. The topological polar surface area (TPSA) is 92.7 Å². The number of carbonyl (C=O) groups is 3. The van der Waals surface area contributed by atoms with Gasteiger partial charge in [0.05, 0.1) is 12.5 Å². The fourth-order valence-corrected chi connectivity index (χ4v) is 2.67. The Morgan fingerprint density at radius 3 is 2.20 bits per heavy atom. The van der Waals surface area contributed by atoms with Crippen molar-refractivity contribution in [2.45, 2.75) is 52.0 Å². The highest BCUT2D eigenvalue weighted by Gasteiger charge is 2.43. The Morgan fingerprint density at radius 1 is 1.25 bits per heavy atom.